The van der Waals surface area contributed by atoms with E-state index in [9.17, 15) is 18.3 Å². The minimum atomic E-state index is -3.79. The van der Waals surface area contributed by atoms with Gasteiger partial charge in [-0.3, -0.25) is 5.32 Å². The fraction of sp³-hybridized carbons (Fsp3) is 0.353. The summed E-state index contributed by atoms with van der Waals surface area (Å²) in [7, 11) is -2.55. The minimum Gasteiger partial charge on any atom is -0.453 e. The van der Waals surface area contributed by atoms with Gasteiger partial charge < -0.3 is 9.84 Å². The smallest absolute Gasteiger partial charge is 0.411 e. The number of aliphatic hydroxyl groups is 1. The first-order chi connectivity index (χ1) is 12.3. The van der Waals surface area contributed by atoms with Crippen LogP contribution in [0.4, 0.5) is 10.5 Å². The average Bonchev–Trinajstić information content (AvgIpc) is 3.35. The first-order valence-electron chi connectivity index (χ1n) is 8.06. The van der Waals surface area contributed by atoms with Crippen molar-refractivity contribution in [2.24, 2.45) is 5.92 Å². The molecule has 3 N–H and O–H groups in total. The second kappa shape index (κ2) is 7.36. The van der Waals surface area contributed by atoms with Gasteiger partial charge in [0.1, 0.15) is 5.60 Å². The quantitative estimate of drug-likeness (QED) is 0.667. The summed E-state index contributed by atoms with van der Waals surface area (Å²) in [5.41, 5.74) is -0.767. The van der Waals surface area contributed by atoms with Crippen molar-refractivity contribution < 1.29 is 23.1 Å². The molecule has 7 nitrogen and oxygen atoms in total. The predicted octanol–water partition coefficient (Wildman–Crippen LogP) is 2.50. The molecule has 1 fully saturated rings. The predicted molar refractivity (Wildman–Crippen MR) is 98.6 cm³/mol. The number of carbonyl (C=O) groups is 1. The van der Waals surface area contributed by atoms with Gasteiger partial charge in [-0.15, -0.1) is 11.3 Å². The summed E-state index contributed by atoms with van der Waals surface area (Å²) in [6.07, 6.45) is 1.12. The molecule has 1 aliphatic carbocycles. The molecule has 1 atom stereocenters. The third-order valence-corrected chi connectivity index (χ3v) is 6.78. The maximum absolute atomic E-state index is 12.6. The van der Waals surface area contributed by atoms with Gasteiger partial charge in [0.2, 0.25) is 10.0 Å². The van der Waals surface area contributed by atoms with Crippen LogP contribution in [0.1, 0.15) is 17.7 Å². The molecule has 0 radical (unpaired) electrons. The molecule has 140 valence electrons. The van der Waals surface area contributed by atoms with Gasteiger partial charge in [0, 0.05) is 17.1 Å². The Morgan fingerprint density at radius 1 is 1.31 bits per heavy atom. The van der Waals surface area contributed by atoms with Crippen molar-refractivity contribution in [3.05, 3.63) is 46.7 Å². The summed E-state index contributed by atoms with van der Waals surface area (Å²) in [4.78, 5) is 12.0. The lowest BCUT2D eigenvalue weighted by molar-refractivity contribution is 0.0222. The molecular weight excluding hydrogens is 376 g/mol. The van der Waals surface area contributed by atoms with Crippen LogP contribution in [0.2, 0.25) is 0 Å². The van der Waals surface area contributed by atoms with Crippen LogP contribution in [0.25, 0.3) is 0 Å². The van der Waals surface area contributed by atoms with Crippen molar-refractivity contribution in [2.75, 3.05) is 19.0 Å². The molecule has 0 spiro atoms. The summed E-state index contributed by atoms with van der Waals surface area (Å²) in [5, 5.41) is 15.3. The highest BCUT2D eigenvalue weighted by molar-refractivity contribution is 7.89. The van der Waals surface area contributed by atoms with Crippen molar-refractivity contribution in [3.63, 3.8) is 0 Å². The molecule has 1 aromatic heterocycles. The number of nitrogens with one attached hydrogen (secondary N) is 2. The van der Waals surface area contributed by atoms with E-state index in [0.29, 0.717) is 5.69 Å². The Hall–Kier alpha value is -1.94. The van der Waals surface area contributed by atoms with Gasteiger partial charge in [0.25, 0.3) is 0 Å². The van der Waals surface area contributed by atoms with Gasteiger partial charge in [0.15, 0.2) is 0 Å². The number of methoxy groups -OCH3 is 1. The molecule has 0 bridgehead atoms. The SMILES string of the molecule is COC(=O)Nc1ccc(S(=O)(=O)NC[C@](O)(c2cccs2)C2CC2)cc1. The molecule has 3 rings (SSSR count). The number of hydrogen-bond acceptors (Lipinski definition) is 6. The second-order valence-corrected chi connectivity index (χ2v) is 8.86. The summed E-state index contributed by atoms with van der Waals surface area (Å²) in [6, 6.07) is 9.37. The zero-order valence-corrected chi connectivity index (χ0v) is 15.8. The van der Waals surface area contributed by atoms with Gasteiger partial charge in [0.05, 0.1) is 12.0 Å². The molecular formula is C17H20N2O5S2. The maximum atomic E-state index is 12.6. The number of ether oxygens (including phenoxy) is 1. The van der Waals surface area contributed by atoms with Crippen molar-refractivity contribution in [2.45, 2.75) is 23.3 Å². The third-order valence-electron chi connectivity index (χ3n) is 4.33. The molecule has 0 unspecified atom stereocenters. The average molecular weight is 396 g/mol. The Labute approximate surface area is 156 Å². The van der Waals surface area contributed by atoms with Crippen LogP contribution >= 0.6 is 11.3 Å². The van der Waals surface area contributed by atoms with E-state index in [1.165, 1.54) is 42.7 Å². The van der Waals surface area contributed by atoms with Crippen molar-refractivity contribution in [3.8, 4) is 0 Å². The molecule has 9 heteroatoms. The maximum Gasteiger partial charge on any atom is 0.411 e. The standard InChI is InChI=1S/C17H20N2O5S2/c1-24-16(20)19-13-6-8-14(9-7-13)26(22,23)18-11-17(21,12-4-5-12)15-3-2-10-25-15/h2-3,6-10,12,18,21H,4-5,11H2,1H3,(H,19,20)/t17-/m1/s1. The zero-order valence-electron chi connectivity index (χ0n) is 14.1. The van der Waals surface area contributed by atoms with E-state index in [2.05, 4.69) is 14.8 Å². The van der Waals surface area contributed by atoms with E-state index in [0.717, 1.165) is 17.7 Å². The summed E-state index contributed by atoms with van der Waals surface area (Å²) in [6.45, 7) is -0.0807. The molecule has 0 saturated heterocycles. The topological polar surface area (TPSA) is 105 Å². The van der Waals surface area contributed by atoms with E-state index < -0.39 is 21.7 Å². The van der Waals surface area contributed by atoms with Crippen LogP contribution in [0.3, 0.4) is 0 Å². The molecule has 0 aliphatic heterocycles. The van der Waals surface area contributed by atoms with Crippen molar-refractivity contribution >= 4 is 33.1 Å². The lowest BCUT2D eigenvalue weighted by Crippen LogP contribution is -2.41. The first kappa shape index (κ1) is 18.8. The van der Waals surface area contributed by atoms with Gasteiger partial charge in [-0.05, 0) is 54.5 Å². The fourth-order valence-electron chi connectivity index (χ4n) is 2.69. The van der Waals surface area contributed by atoms with Gasteiger partial charge in [-0.25, -0.2) is 17.9 Å². The zero-order chi connectivity index (χ0) is 18.8. The van der Waals surface area contributed by atoms with Crippen molar-refractivity contribution in [1.29, 1.82) is 0 Å². The van der Waals surface area contributed by atoms with E-state index in [1.54, 1.807) is 0 Å². The second-order valence-electron chi connectivity index (χ2n) is 6.14. The molecule has 1 heterocycles. The summed E-state index contributed by atoms with van der Waals surface area (Å²) in [5.74, 6) is 0.0653. The van der Waals surface area contributed by atoms with E-state index in [4.69, 9.17) is 0 Å². The summed E-state index contributed by atoms with van der Waals surface area (Å²) < 4.78 is 32.1. The van der Waals surface area contributed by atoms with E-state index in [-0.39, 0.29) is 17.4 Å². The third kappa shape index (κ3) is 4.07. The van der Waals surface area contributed by atoms with Crippen LogP contribution in [0.5, 0.6) is 0 Å². The highest BCUT2D eigenvalue weighted by Crippen LogP contribution is 2.46. The summed E-state index contributed by atoms with van der Waals surface area (Å²) >= 11 is 1.42. The normalized spacial score (nSPS) is 16.7. The number of hydrogen-bond donors (Lipinski definition) is 3. The Bertz CT molecular complexity index is 861. The highest BCUT2D eigenvalue weighted by atomic mass is 32.2. The Kier molecular flexibility index (Phi) is 5.33. The number of benzene rings is 1. The van der Waals surface area contributed by atoms with Crippen molar-refractivity contribution in [1.82, 2.24) is 4.72 Å². The number of amides is 1. The Balaban J connectivity index is 1.71. The number of anilines is 1. The number of sulfonamides is 1. The number of rotatable bonds is 7. The molecule has 1 aliphatic rings. The molecule has 1 amide bonds. The van der Waals surface area contributed by atoms with E-state index >= 15 is 0 Å². The van der Waals surface area contributed by atoms with Crippen LogP contribution in [-0.2, 0) is 20.4 Å². The molecule has 1 saturated carbocycles. The molecule has 1 aromatic carbocycles. The van der Waals surface area contributed by atoms with Gasteiger partial charge in [-0.2, -0.15) is 0 Å². The lowest BCUT2D eigenvalue weighted by Gasteiger charge is -2.27. The van der Waals surface area contributed by atoms with Crippen LogP contribution in [0, 0.1) is 5.92 Å². The minimum absolute atomic E-state index is 0.0530. The largest absolute Gasteiger partial charge is 0.453 e. The van der Waals surface area contributed by atoms with Crippen LogP contribution in [0.15, 0.2) is 46.7 Å². The Morgan fingerprint density at radius 2 is 2.00 bits per heavy atom. The Morgan fingerprint density at radius 3 is 2.54 bits per heavy atom. The van der Waals surface area contributed by atoms with Crippen LogP contribution < -0.4 is 10.0 Å². The number of carbonyl (C=O) groups excluding carboxylic acids is 1. The fourth-order valence-corrected chi connectivity index (χ4v) is 4.67. The highest BCUT2D eigenvalue weighted by Gasteiger charge is 2.46. The lowest BCUT2D eigenvalue weighted by atomic mass is 9.96. The van der Waals surface area contributed by atoms with Gasteiger partial charge >= 0.3 is 6.09 Å². The van der Waals surface area contributed by atoms with E-state index in [1.807, 2.05) is 17.5 Å². The molecule has 2 aromatic rings. The monoisotopic (exact) mass is 396 g/mol. The van der Waals surface area contributed by atoms with Crippen LogP contribution in [-0.4, -0.2) is 33.3 Å². The molecule has 26 heavy (non-hydrogen) atoms. The van der Waals surface area contributed by atoms with Gasteiger partial charge in [-0.1, -0.05) is 6.07 Å². The number of thiophene rings is 1. The first-order valence-corrected chi connectivity index (χ1v) is 10.4.